The van der Waals surface area contributed by atoms with Crippen LogP contribution in [-0.4, -0.2) is 53.9 Å². The van der Waals surface area contributed by atoms with Crippen molar-refractivity contribution in [3.8, 4) is 5.75 Å². The molecule has 0 bridgehead atoms. The zero-order valence-electron chi connectivity index (χ0n) is 15.6. The van der Waals surface area contributed by atoms with Crippen molar-refractivity contribution in [1.29, 1.82) is 0 Å². The van der Waals surface area contributed by atoms with Gasteiger partial charge in [-0.05, 0) is 43.9 Å². The Morgan fingerprint density at radius 3 is 2.56 bits per heavy atom. The molecule has 0 aromatic heterocycles. The number of ether oxygens (including phenoxy) is 1. The topological polar surface area (TPSA) is 91.8 Å². The number of aryl methyl sites for hydroxylation is 1. The molecule has 0 saturated carbocycles. The minimum atomic E-state index is -3.11. The maximum absolute atomic E-state index is 11.3. The normalized spacial score (nSPS) is 12.1. The molecule has 0 aliphatic heterocycles. The number of nitrogens with one attached hydrogen (secondary N) is 3. The molecule has 1 rings (SSSR count). The zero-order chi connectivity index (χ0) is 18.7. The van der Waals surface area contributed by atoms with Crippen LogP contribution in [-0.2, 0) is 16.4 Å². The Kier molecular flexibility index (Phi) is 9.30. The first-order chi connectivity index (χ1) is 11.9. The molecule has 8 heteroatoms. The van der Waals surface area contributed by atoms with Gasteiger partial charge in [0.05, 0.1) is 12.9 Å². The third-order valence-electron chi connectivity index (χ3n) is 3.75. The second-order valence-electron chi connectivity index (χ2n) is 5.63. The van der Waals surface area contributed by atoms with E-state index in [1.54, 1.807) is 21.1 Å². The Labute approximate surface area is 151 Å². The highest BCUT2D eigenvalue weighted by Gasteiger charge is 2.05. The maximum atomic E-state index is 11.3. The van der Waals surface area contributed by atoms with Crippen molar-refractivity contribution < 1.29 is 13.2 Å². The average molecular weight is 371 g/mol. The van der Waals surface area contributed by atoms with Crippen molar-refractivity contribution in [1.82, 2.24) is 15.4 Å². The fourth-order valence-corrected chi connectivity index (χ4v) is 2.85. The van der Waals surface area contributed by atoms with Crippen LogP contribution >= 0.6 is 0 Å². The number of sulfonamides is 1. The molecule has 1 aromatic carbocycles. The van der Waals surface area contributed by atoms with Gasteiger partial charge in [-0.2, -0.15) is 0 Å². The third kappa shape index (κ3) is 8.22. The van der Waals surface area contributed by atoms with Crippen LogP contribution in [0, 0.1) is 6.92 Å². The summed E-state index contributed by atoms with van der Waals surface area (Å²) in [5.41, 5.74) is 2.31. The fraction of sp³-hybridized carbons (Fsp3) is 0.588. The predicted molar refractivity (Wildman–Crippen MR) is 103 cm³/mol. The number of hydrogen-bond acceptors (Lipinski definition) is 4. The SMILES string of the molecule is CCS(=O)(=O)NCCCNC(=NC)NCCc1ccc(C)c(OC)c1. The summed E-state index contributed by atoms with van der Waals surface area (Å²) in [5.74, 6) is 1.71. The fourth-order valence-electron chi connectivity index (χ4n) is 2.19. The second kappa shape index (κ2) is 10.9. The molecule has 0 radical (unpaired) electrons. The van der Waals surface area contributed by atoms with Gasteiger partial charge >= 0.3 is 0 Å². The van der Waals surface area contributed by atoms with Crippen molar-refractivity contribution in [2.24, 2.45) is 4.99 Å². The molecule has 0 aliphatic carbocycles. The van der Waals surface area contributed by atoms with Gasteiger partial charge in [0.1, 0.15) is 5.75 Å². The molecule has 1 aromatic rings. The molecule has 3 N–H and O–H groups in total. The Hall–Kier alpha value is -1.80. The third-order valence-corrected chi connectivity index (χ3v) is 5.15. The summed E-state index contributed by atoms with van der Waals surface area (Å²) < 4.78 is 30.5. The van der Waals surface area contributed by atoms with Crippen LogP contribution in [0.25, 0.3) is 0 Å². The van der Waals surface area contributed by atoms with Crippen LogP contribution in [0.3, 0.4) is 0 Å². The van der Waals surface area contributed by atoms with E-state index >= 15 is 0 Å². The predicted octanol–water partition coefficient (Wildman–Crippen LogP) is 1.04. The maximum Gasteiger partial charge on any atom is 0.211 e. The van der Waals surface area contributed by atoms with E-state index in [2.05, 4.69) is 32.5 Å². The van der Waals surface area contributed by atoms with E-state index in [-0.39, 0.29) is 5.75 Å². The average Bonchev–Trinajstić information content (AvgIpc) is 2.61. The molecule has 0 fully saturated rings. The molecule has 0 aliphatic rings. The highest BCUT2D eigenvalue weighted by Crippen LogP contribution is 2.18. The van der Waals surface area contributed by atoms with Gasteiger partial charge in [-0.3, -0.25) is 4.99 Å². The van der Waals surface area contributed by atoms with Crippen molar-refractivity contribution in [3.05, 3.63) is 29.3 Å². The lowest BCUT2D eigenvalue weighted by Crippen LogP contribution is -2.39. The van der Waals surface area contributed by atoms with Crippen LogP contribution in [0.5, 0.6) is 5.75 Å². The standard InChI is InChI=1S/C17H30N4O3S/c1-5-25(22,23)21-11-6-10-19-17(18-3)20-12-9-15-8-7-14(2)16(13-15)24-4/h7-8,13,21H,5-6,9-12H2,1-4H3,(H2,18,19,20). The first-order valence-electron chi connectivity index (χ1n) is 8.47. The monoisotopic (exact) mass is 370 g/mol. The van der Waals surface area contributed by atoms with Crippen molar-refractivity contribution >= 4 is 16.0 Å². The van der Waals surface area contributed by atoms with E-state index in [0.717, 1.165) is 24.3 Å². The van der Waals surface area contributed by atoms with E-state index in [4.69, 9.17) is 4.74 Å². The summed E-state index contributed by atoms with van der Waals surface area (Å²) in [4.78, 5) is 4.16. The molecule has 25 heavy (non-hydrogen) atoms. The quantitative estimate of drug-likeness (QED) is 0.325. The zero-order valence-corrected chi connectivity index (χ0v) is 16.4. The van der Waals surface area contributed by atoms with E-state index in [9.17, 15) is 8.42 Å². The smallest absolute Gasteiger partial charge is 0.211 e. The first-order valence-corrected chi connectivity index (χ1v) is 10.1. The van der Waals surface area contributed by atoms with Gasteiger partial charge in [0.15, 0.2) is 5.96 Å². The molecule has 7 nitrogen and oxygen atoms in total. The van der Waals surface area contributed by atoms with E-state index in [1.807, 2.05) is 13.0 Å². The highest BCUT2D eigenvalue weighted by atomic mass is 32.2. The van der Waals surface area contributed by atoms with Gasteiger partial charge in [0.25, 0.3) is 0 Å². The molecule has 0 amide bonds. The lowest BCUT2D eigenvalue weighted by atomic mass is 10.1. The Balaban J connectivity index is 2.28. The Morgan fingerprint density at radius 1 is 1.20 bits per heavy atom. The lowest BCUT2D eigenvalue weighted by Gasteiger charge is -2.13. The molecule has 0 unspecified atom stereocenters. The number of nitrogens with zero attached hydrogens (tertiary/aromatic N) is 1. The largest absolute Gasteiger partial charge is 0.496 e. The summed E-state index contributed by atoms with van der Waals surface area (Å²) in [6.07, 6.45) is 1.54. The highest BCUT2D eigenvalue weighted by molar-refractivity contribution is 7.89. The molecule has 0 spiro atoms. The van der Waals surface area contributed by atoms with Crippen LogP contribution in [0.2, 0.25) is 0 Å². The van der Waals surface area contributed by atoms with Crippen LogP contribution < -0.4 is 20.1 Å². The minimum Gasteiger partial charge on any atom is -0.496 e. The Morgan fingerprint density at radius 2 is 1.92 bits per heavy atom. The number of aliphatic imine (C=N–C) groups is 1. The number of benzene rings is 1. The number of hydrogen-bond donors (Lipinski definition) is 3. The molecule has 0 atom stereocenters. The summed E-state index contributed by atoms with van der Waals surface area (Å²) >= 11 is 0. The van der Waals surface area contributed by atoms with Gasteiger partial charge in [0, 0.05) is 26.7 Å². The van der Waals surface area contributed by atoms with Crippen LogP contribution in [0.4, 0.5) is 0 Å². The van der Waals surface area contributed by atoms with Crippen LogP contribution in [0.15, 0.2) is 23.2 Å². The van der Waals surface area contributed by atoms with E-state index in [1.165, 1.54) is 5.56 Å². The van der Waals surface area contributed by atoms with Gasteiger partial charge in [-0.1, -0.05) is 12.1 Å². The molecular weight excluding hydrogens is 340 g/mol. The summed E-state index contributed by atoms with van der Waals surface area (Å²) in [6, 6.07) is 6.20. The van der Waals surface area contributed by atoms with E-state index in [0.29, 0.717) is 25.5 Å². The Bertz CT molecular complexity index is 660. The lowest BCUT2D eigenvalue weighted by molar-refractivity contribution is 0.411. The van der Waals surface area contributed by atoms with Gasteiger partial charge in [-0.25, -0.2) is 13.1 Å². The van der Waals surface area contributed by atoms with Crippen molar-refractivity contribution in [3.63, 3.8) is 0 Å². The molecular formula is C17H30N4O3S. The summed E-state index contributed by atoms with van der Waals surface area (Å²) in [7, 11) is 0.276. The van der Waals surface area contributed by atoms with Crippen LogP contribution in [0.1, 0.15) is 24.5 Å². The second-order valence-corrected chi connectivity index (χ2v) is 7.73. The van der Waals surface area contributed by atoms with Crippen molar-refractivity contribution in [2.45, 2.75) is 26.7 Å². The van der Waals surface area contributed by atoms with Crippen molar-refractivity contribution in [2.75, 3.05) is 39.5 Å². The van der Waals surface area contributed by atoms with Gasteiger partial charge in [-0.15, -0.1) is 0 Å². The summed E-state index contributed by atoms with van der Waals surface area (Å²) in [5, 5.41) is 6.42. The van der Waals surface area contributed by atoms with Gasteiger partial charge < -0.3 is 15.4 Å². The molecule has 0 saturated heterocycles. The molecule has 0 heterocycles. The number of rotatable bonds is 10. The summed E-state index contributed by atoms with van der Waals surface area (Å²) in [6.45, 7) is 5.45. The number of guanidine groups is 1. The minimum absolute atomic E-state index is 0.105. The molecule has 142 valence electrons. The van der Waals surface area contributed by atoms with Gasteiger partial charge in [0.2, 0.25) is 10.0 Å². The number of methoxy groups -OCH3 is 1. The first kappa shape index (κ1) is 21.2. The van der Waals surface area contributed by atoms with E-state index < -0.39 is 10.0 Å².